The van der Waals surface area contributed by atoms with Crippen LogP contribution in [0.25, 0.3) is 11.0 Å². The molecular formula is C17H13F2IN2O3. The molecule has 130 valence electrons. The summed E-state index contributed by atoms with van der Waals surface area (Å²) in [5.74, 6) is -3.18. The number of aliphatic hydroxyl groups is 1. The van der Waals surface area contributed by atoms with E-state index in [1.165, 1.54) is 12.1 Å². The summed E-state index contributed by atoms with van der Waals surface area (Å²) in [5, 5.41) is 19.6. The Hall–Kier alpha value is -2.07. The lowest BCUT2D eigenvalue weighted by Crippen LogP contribution is -2.15. The first-order chi connectivity index (χ1) is 11.8. The number of hydrogen-bond acceptors (Lipinski definition) is 3. The summed E-state index contributed by atoms with van der Waals surface area (Å²) >= 11 is 1.96. The monoisotopic (exact) mass is 458 g/mol. The van der Waals surface area contributed by atoms with Gasteiger partial charge in [-0.3, -0.25) is 0 Å². The Morgan fingerprint density at radius 3 is 2.76 bits per heavy atom. The highest BCUT2D eigenvalue weighted by Gasteiger charge is 2.24. The molecule has 2 N–H and O–H groups in total. The highest BCUT2D eigenvalue weighted by atomic mass is 127. The van der Waals surface area contributed by atoms with Gasteiger partial charge in [-0.25, -0.2) is 18.6 Å². The zero-order valence-corrected chi connectivity index (χ0v) is 15.2. The van der Waals surface area contributed by atoms with Crippen LogP contribution in [-0.2, 0) is 11.3 Å². The van der Waals surface area contributed by atoms with Crippen molar-refractivity contribution in [2.45, 2.75) is 19.6 Å². The first kappa shape index (κ1) is 17.7. The lowest BCUT2D eigenvalue weighted by Gasteiger charge is -2.13. The van der Waals surface area contributed by atoms with E-state index in [0.29, 0.717) is 20.3 Å². The Bertz CT molecular complexity index is 988. The molecule has 0 aliphatic rings. The Kier molecular flexibility index (Phi) is 4.74. The van der Waals surface area contributed by atoms with Gasteiger partial charge in [0.25, 0.3) is 0 Å². The number of aromatic nitrogens is 2. The lowest BCUT2D eigenvalue weighted by atomic mass is 10.1. The largest absolute Gasteiger partial charge is 0.479 e. The van der Waals surface area contributed by atoms with Crippen LogP contribution in [0.1, 0.15) is 22.9 Å². The summed E-state index contributed by atoms with van der Waals surface area (Å²) in [6.07, 6.45) is -0.00612. The van der Waals surface area contributed by atoms with Crippen molar-refractivity contribution in [2.75, 3.05) is 0 Å². The van der Waals surface area contributed by atoms with Crippen molar-refractivity contribution in [3.8, 4) is 0 Å². The fourth-order valence-electron chi connectivity index (χ4n) is 2.71. The number of rotatable bonds is 4. The number of fused-ring (bicyclic) bond motifs is 1. The van der Waals surface area contributed by atoms with Crippen molar-refractivity contribution in [3.63, 3.8) is 0 Å². The summed E-state index contributed by atoms with van der Waals surface area (Å²) in [6.45, 7) is 1.68. The number of aliphatic carboxylic acids is 1. The number of carbonyl (C=O) groups is 1. The predicted molar refractivity (Wildman–Crippen MR) is 95.2 cm³/mol. The molecule has 0 aliphatic carbocycles. The molecule has 1 atom stereocenters. The average Bonchev–Trinajstić information content (AvgIpc) is 2.94. The van der Waals surface area contributed by atoms with Crippen molar-refractivity contribution in [3.05, 3.63) is 62.5 Å². The standard InChI is InChI=1S/C17H13F2IN2O3/c1-8-12(15(23)17(24)25)14(20)10-5-6-22(16(10)21-8)7-9-3-2-4-11(18)13(9)19/h2-6,15,23H,7H2,1H3,(H,24,25). The number of benzene rings is 1. The summed E-state index contributed by atoms with van der Waals surface area (Å²) in [6, 6.07) is 5.68. The number of nitrogens with zero attached hydrogens (tertiary/aromatic N) is 2. The van der Waals surface area contributed by atoms with E-state index in [1.54, 1.807) is 23.8 Å². The van der Waals surface area contributed by atoms with Gasteiger partial charge in [0.2, 0.25) is 0 Å². The molecule has 0 saturated heterocycles. The number of halogens is 3. The van der Waals surface area contributed by atoms with Gasteiger partial charge in [-0.1, -0.05) is 12.1 Å². The maximum atomic E-state index is 13.9. The van der Waals surface area contributed by atoms with Crippen LogP contribution in [0.3, 0.4) is 0 Å². The van der Waals surface area contributed by atoms with Gasteiger partial charge in [-0.05, 0) is 41.6 Å². The van der Waals surface area contributed by atoms with Crippen molar-refractivity contribution in [2.24, 2.45) is 0 Å². The van der Waals surface area contributed by atoms with Gasteiger partial charge in [0.15, 0.2) is 17.7 Å². The van der Waals surface area contributed by atoms with Crippen LogP contribution >= 0.6 is 22.6 Å². The second kappa shape index (κ2) is 6.68. The SMILES string of the molecule is Cc1nc2c(ccn2Cc2cccc(F)c2F)c(I)c1C(O)C(=O)O. The second-order valence-electron chi connectivity index (χ2n) is 5.56. The number of carboxylic acid groups (broad SMARTS) is 1. The van der Waals surface area contributed by atoms with Crippen LogP contribution in [0.15, 0.2) is 30.5 Å². The van der Waals surface area contributed by atoms with Gasteiger partial charge in [-0.2, -0.15) is 0 Å². The van der Waals surface area contributed by atoms with Crippen molar-refractivity contribution in [1.29, 1.82) is 0 Å². The third kappa shape index (κ3) is 3.11. The molecule has 3 aromatic rings. The molecule has 25 heavy (non-hydrogen) atoms. The van der Waals surface area contributed by atoms with Gasteiger partial charge in [-0.15, -0.1) is 0 Å². The molecule has 8 heteroatoms. The molecule has 0 aliphatic heterocycles. The Morgan fingerprint density at radius 2 is 2.08 bits per heavy atom. The van der Waals surface area contributed by atoms with Crippen LogP contribution in [-0.4, -0.2) is 25.7 Å². The zero-order chi connectivity index (χ0) is 18.3. The predicted octanol–water partition coefficient (Wildman–Crippen LogP) is 3.39. The van der Waals surface area contributed by atoms with Gasteiger partial charge in [0, 0.05) is 32.0 Å². The summed E-state index contributed by atoms with van der Waals surface area (Å²) < 4.78 is 29.5. The van der Waals surface area contributed by atoms with Crippen LogP contribution in [0, 0.1) is 22.1 Å². The van der Waals surface area contributed by atoms with E-state index < -0.39 is 23.7 Å². The Balaban J connectivity index is 2.11. The van der Waals surface area contributed by atoms with Crippen LogP contribution in [0.5, 0.6) is 0 Å². The second-order valence-corrected chi connectivity index (χ2v) is 6.64. The minimum atomic E-state index is -1.67. The number of aryl methyl sites for hydroxylation is 1. The molecule has 0 fully saturated rings. The van der Waals surface area contributed by atoms with Gasteiger partial charge < -0.3 is 14.8 Å². The molecular weight excluding hydrogens is 445 g/mol. The molecule has 0 bridgehead atoms. The number of aliphatic hydroxyl groups excluding tert-OH is 1. The molecule has 3 rings (SSSR count). The first-order valence-corrected chi connectivity index (χ1v) is 8.37. The maximum absolute atomic E-state index is 13.9. The fourth-order valence-corrected chi connectivity index (χ4v) is 3.81. The minimum absolute atomic E-state index is 0.0798. The van der Waals surface area contributed by atoms with Crippen LogP contribution in [0.4, 0.5) is 8.78 Å². The molecule has 1 unspecified atom stereocenters. The van der Waals surface area contributed by atoms with Crippen LogP contribution < -0.4 is 0 Å². The van der Waals surface area contributed by atoms with Crippen molar-refractivity contribution in [1.82, 2.24) is 9.55 Å². The van der Waals surface area contributed by atoms with E-state index in [-0.39, 0.29) is 17.7 Å². The number of pyridine rings is 1. The van der Waals surface area contributed by atoms with E-state index in [2.05, 4.69) is 4.98 Å². The topological polar surface area (TPSA) is 75.3 Å². The van der Waals surface area contributed by atoms with E-state index in [4.69, 9.17) is 5.11 Å². The normalized spacial score (nSPS) is 12.5. The summed E-state index contributed by atoms with van der Waals surface area (Å²) in [4.78, 5) is 15.5. The highest BCUT2D eigenvalue weighted by Crippen LogP contribution is 2.30. The van der Waals surface area contributed by atoms with E-state index in [1.807, 2.05) is 22.6 Å². The first-order valence-electron chi connectivity index (χ1n) is 7.30. The number of carboxylic acids is 1. The summed E-state index contributed by atoms with van der Waals surface area (Å²) in [7, 11) is 0. The zero-order valence-electron chi connectivity index (χ0n) is 13.0. The third-order valence-electron chi connectivity index (χ3n) is 3.95. The van der Waals surface area contributed by atoms with Gasteiger partial charge in [0.05, 0.1) is 6.54 Å². The van der Waals surface area contributed by atoms with E-state index in [0.717, 1.165) is 6.07 Å². The third-order valence-corrected chi connectivity index (χ3v) is 5.11. The van der Waals surface area contributed by atoms with Gasteiger partial charge in [0.1, 0.15) is 5.65 Å². The molecule has 0 radical (unpaired) electrons. The Labute approximate surface area is 155 Å². The minimum Gasteiger partial charge on any atom is -0.479 e. The molecule has 0 amide bonds. The molecule has 0 saturated carbocycles. The Morgan fingerprint density at radius 1 is 1.36 bits per heavy atom. The van der Waals surface area contributed by atoms with Gasteiger partial charge >= 0.3 is 5.97 Å². The summed E-state index contributed by atoms with van der Waals surface area (Å²) in [5.41, 5.74) is 1.29. The quantitative estimate of drug-likeness (QED) is 0.588. The molecule has 2 aromatic heterocycles. The fraction of sp³-hybridized carbons (Fsp3) is 0.176. The smallest absolute Gasteiger partial charge is 0.337 e. The highest BCUT2D eigenvalue weighted by molar-refractivity contribution is 14.1. The van der Waals surface area contributed by atoms with E-state index >= 15 is 0 Å². The van der Waals surface area contributed by atoms with Crippen molar-refractivity contribution >= 4 is 39.6 Å². The van der Waals surface area contributed by atoms with Crippen molar-refractivity contribution < 1.29 is 23.8 Å². The average molecular weight is 458 g/mol. The molecule has 2 heterocycles. The lowest BCUT2D eigenvalue weighted by molar-refractivity contribution is -0.147. The molecule has 5 nitrogen and oxygen atoms in total. The molecule has 0 spiro atoms. The maximum Gasteiger partial charge on any atom is 0.337 e. The van der Waals surface area contributed by atoms with Crippen LogP contribution in [0.2, 0.25) is 0 Å². The molecule has 1 aromatic carbocycles. The number of hydrogen-bond donors (Lipinski definition) is 2. The van der Waals surface area contributed by atoms with E-state index in [9.17, 15) is 18.7 Å².